The first-order chi connectivity index (χ1) is 15.6. The fraction of sp³-hybridized carbons (Fsp3) is 0.647. The SMILES string of the molecule is CCOc1nc(N)nc2c1ncn2[C@@H]1O[C@@H]2COP(=O)(OC(C)C(C)=O)O[C@H]2[C@@]1(C)N=[N+]=[N-]. The Morgan fingerprint density at radius 2 is 2.30 bits per heavy atom. The summed E-state index contributed by atoms with van der Waals surface area (Å²) < 4.78 is 42.4. The van der Waals surface area contributed by atoms with Gasteiger partial charge in [-0.15, -0.1) is 0 Å². The predicted octanol–water partition coefficient (Wildman–Crippen LogP) is 2.29. The fourth-order valence-electron chi connectivity index (χ4n) is 3.72. The van der Waals surface area contributed by atoms with Crippen LogP contribution >= 0.6 is 7.82 Å². The number of fused-ring (bicyclic) bond motifs is 2. The highest BCUT2D eigenvalue weighted by Gasteiger charge is 2.61. The summed E-state index contributed by atoms with van der Waals surface area (Å²) in [7, 11) is -4.15. The molecular weight excluding hydrogens is 459 g/mol. The molecule has 2 aliphatic heterocycles. The van der Waals surface area contributed by atoms with E-state index in [-0.39, 0.29) is 29.9 Å². The summed E-state index contributed by atoms with van der Waals surface area (Å²) >= 11 is 0. The van der Waals surface area contributed by atoms with E-state index in [4.69, 9.17) is 28.8 Å². The van der Waals surface area contributed by atoms with Gasteiger partial charge in [-0.05, 0) is 33.2 Å². The number of rotatable bonds is 7. The molecule has 0 amide bonds. The first-order valence-corrected chi connectivity index (χ1v) is 11.5. The highest BCUT2D eigenvalue weighted by molar-refractivity contribution is 7.48. The minimum atomic E-state index is -4.15. The van der Waals surface area contributed by atoms with Crippen LogP contribution in [0, 0.1) is 0 Å². The van der Waals surface area contributed by atoms with Crippen LogP contribution in [0.1, 0.15) is 33.9 Å². The molecule has 6 atom stereocenters. The van der Waals surface area contributed by atoms with Gasteiger partial charge in [0.1, 0.15) is 23.9 Å². The Morgan fingerprint density at radius 1 is 1.55 bits per heavy atom. The molecule has 0 saturated carbocycles. The van der Waals surface area contributed by atoms with Gasteiger partial charge in [-0.3, -0.25) is 22.9 Å². The average molecular weight is 482 g/mol. The van der Waals surface area contributed by atoms with E-state index < -0.39 is 37.9 Å². The molecule has 0 aliphatic carbocycles. The Balaban J connectivity index is 1.74. The molecule has 33 heavy (non-hydrogen) atoms. The second-order valence-electron chi connectivity index (χ2n) is 7.71. The minimum absolute atomic E-state index is 0.0516. The zero-order valence-electron chi connectivity index (χ0n) is 18.3. The molecule has 2 saturated heterocycles. The number of azide groups is 1. The van der Waals surface area contributed by atoms with Gasteiger partial charge in [-0.1, -0.05) is 5.11 Å². The Kier molecular flexibility index (Phi) is 6.03. The van der Waals surface area contributed by atoms with Gasteiger partial charge in [0.05, 0.1) is 19.5 Å². The third kappa shape index (κ3) is 4.03. The molecule has 2 aromatic rings. The van der Waals surface area contributed by atoms with Gasteiger partial charge in [-0.25, -0.2) is 9.55 Å². The van der Waals surface area contributed by atoms with Crippen LogP contribution in [0.5, 0.6) is 5.88 Å². The summed E-state index contributed by atoms with van der Waals surface area (Å²) in [4.78, 5) is 27.1. The molecule has 0 aromatic carbocycles. The molecule has 0 radical (unpaired) electrons. The molecule has 4 rings (SSSR count). The van der Waals surface area contributed by atoms with E-state index in [0.717, 1.165) is 0 Å². The number of hydrogen-bond acceptors (Lipinski definition) is 12. The van der Waals surface area contributed by atoms with Crippen LogP contribution in [-0.4, -0.2) is 62.4 Å². The lowest BCUT2D eigenvalue weighted by molar-refractivity contribution is -0.125. The summed E-state index contributed by atoms with van der Waals surface area (Å²) in [6, 6.07) is 0. The van der Waals surface area contributed by atoms with Crippen LogP contribution in [0.15, 0.2) is 11.4 Å². The highest BCUT2D eigenvalue weighted by atomic mass is 31.2. The molecule has 2 unspecified atom stereocenters. The van der Waals surface area contributed by atoms with Crippen LogP contribution in [0.2, 0.25) is 0 Å². The lowest BCUT2D eigenvalue weighted by atomic mass is 9.93. The van der Waals surface area contributed by atoms with Gasteiger partial charge in [-0.2, -0.15) is 9.97 Å². The number of phosphoric acid groups is 1. The van der Waals surface area contributed by atoms with E-state index in [1.54, 1.807) is 13.8 Å². The van der Waals surface area contributed by atoms with Crippen molar-refractivity contribution in [2.24, 2.45) is 5.11 Å². The summed E-state index contributed by atoms with van der Waals surface area (Å²) in [5.41, 5.74) is 14.3. The van der Waals surface area contributed by atoms with Crippen LogP contribution < -0.4 is 10.5 Å². The van der Waals surface area contributed by atoms with Crippen LogP contribution in [0.3, 0.4) is 0 Å². The van der Waals surface area contributed by atoms with Gasteiger partial charge in [0.25, 0.3) is 0 Å². The number of nitrogens with two attached hydrogens (primary N) is 1. The number of ketones is 1. The van der Waals surface area contributed by atoms with Crippen molar-refractivity contribution < 1.29 is 32.4 Å². The number of aromatic nitrogens is 4. The van der Waals surface area contributed by atoms with Crippen molar-refractivity contribution in [3.05, 3.63) is 16.8 Å². The predicted molar refractivity (Wildman–Crippen MR) is 112 cm³/mol. The summed E-state index contributed by atoms with van der Waals surface area (Å²) in [5, 5.41) is 3.92. The van der Waals surface area contributed by atoms with E-state index in [1.165, 1.54) is 24.7 Å². The number of phosphoric ester groups is 1. The molecular formula is C17H23N8O7P. The normalized spacial score (nSPS) is 32.2. The Bertz CT molecular complexity index is 1180. The molecule has 16 heteroatoms. The van der Waals surface area contributed by atoms with Crippen molar-refractivity contribution in [1.29, 1.82) is 0 Å². The number of anilines is 1. The lowest BCUT2D eigenvalue weighted by Gasteiger charge is -2.36. The summed E-state index contributed by atoms with van der Waals surface area (Å²) in [6.45, 7) is 6.22. The molecule has 0 spiro atoms. The minimum Gasteiger partial charge on any atom is -0.476 e. The summed E-state index contributed by atoms with van der Waals surface area (Å²) in [6.07, 6.45) is -2.39. The maximum Gasteiger partial charge on any atom is 0.475 e. The zero-order valence-corrected chi connectivity index (χ0v) is 19.2. The Labute approximate surface area is 187 Å². The van der Waals surface area contributed by atoms with Crippen molar-refractivity contribution in [2.75, 3.05) is 18.9 Å². The zero-order chi connectivity index (χ0) is 24.0. The molecule has 2 fully saturated rings. The molecule has 178 valence electrons. The van der Waals surface area contributed by atoms with Gasteiger partial charge >= 0.3 is 7.82 Å². The Morgan fingerprint density at radius 3 is 2.97 bits per heavy atom. The van der Waals surface area contributed by atoms with Crippen molar-refractivity contribution in [3.63, 3.8) is 0 Å². The van der Waals surface area contributed by atoms with E-state index in [1.807, 2.05) is 0 Å². The standard InChI is InChI=1S/C17H23N8O7P/c1-5-28-14-11-13(21-16(18)22-14)25(7-20-11)15-17(4,23-24-19)12-10(30-15)6-29-33(27,32-12)31-9(3)8(2)26/h7,9-10,12,15H,5-6H2,1-4H3,(H2,18,21,22)/t9?,10-,12-,15-,17-,33?/m1/s1. The number of nitrogen functional groups attached to an aromatic ring is 1. The third-order valence-corrected chi connectivity index (χ3v) is 6.94. The van der Waals surface area contributed by atoms with Crippen LogP contribution in [-0.2, 0) is 27.7 Å². The van der Waals surface area contributed by atoms with E-state index >= 15 is 0 Å². The van der Waals surface area contributed by atoms with Gasteiger partial charge in [0.2, 0.25) is 11.8 Å². The Hall–Kier alpha value is -2.80. The van der Waals surface area contributed by atoms with E-state index in [2.05, 4.69) is 25.0 Å². The number of carbonyl (C=O) groups excluding carboxylic acids is 1. The van der Waals surface area contributed by atoms with Crippen molar-refractivity contribution >= 4 is 30.7 Å². The molecule has 0 bridgehead atoms. The largest absolute Gasteiger partial charge is 0.476 e. The molecule has 2 N–H and O–H groups in total. The average Bonchev–Trinajstić information content (AvgIpc) is 3.27. The number of Topliss-reactive ketones (excluding diaryl/α,β-unsaturated/α-hetero) is 1. The topological polar surface area (TPSA) is 199 Å². The molecule has 2 aliphatic rings. The number of hydrogen-bond donors (Lipinski definition) is 1. The fourth-order valence-corrected chi connectivity index (χ4v) is 5.38. The summed E-state index contributed by atoms with van der Waals surface area (Å²) in [5.74, 6) is -0.218. The quantitative estimate of drug-likeness (QED) is 0.263. The lowest BCUT2D eigenvalue weighted by Crippen LogP contribution is -2.46. The maximum atomic E-state index is 13.1. The van der Waals surface area contributed by atoms with E-state index in [9.17, 15) is 14.9 Å². The smallest absolute Gasteiger partial charge is 0.475 e. The second-order valence-corrected chi connectivity index (χ2v) is 9.29. The third-order valence-electron chi connectivity index (χ3n) is 5.42. The van der Waals surface area contributed by atoms with Gasteiger partial charge in [0.15, 0.2) is 23.2 Å². The van der Waals surface area contributed by atoms with Crippen molar-refractivity contribution in [2.45, 2.75) is 57.8 Å². The first kappa shape index (κ1) is 23.4. The number of carbonyl (C=O) groups is 1. The van der Waals surface area contributed by atoms with Crippen LogP contribution in [0.4, 0.5) is 5.95 Å². The van der Waals surface area contributed by atoms with Crippen LogP contribution in [0.25, 0.3) is 21.6 Å². The van der Waals surface area contributed by atoms with Gasteiger partial charge < -0.3 is 15.2 Å². The second kappa shape index (κ2) is 8.52. The highest BCUT2D eigenvalue weighted by Crippen LogP contribution is 2.60. The molecule has 15 nitrogen and oxygen atoms in total. The molecule has 4 heterocycles. The van der Waals surface area contributed by atoms with E-state index in [0.29, 0.717) is 12.1 Å². The molecule has 2 aromatic heterocycles. The number of ether oxygens (including phenoxy) is 2. The number of nitrogens with zero attached hydrogens (tertiary/aromatic N) is 7. The van der Waals surface area contributed by atoms with Crippen molar-refractivity contribution in [1.82, 2.24) is 19.5 Å². The van der Waals surface area contributed by atoms with Gasteiger partial charge in [0, 0.05) is 4.91 Å². The first-order valence-electron chi connectivity index (χ1n) is 10.1. The number of imidazole rings is 1. The van der Waals surface area contributed by atoms with Crippen molar-refractivity contribution in [3.8, 4) is 5.88 Å². The monoisotopic (exact) mass is 482 g/mol. The maximum absolute atomic E-state index is 13.1.